The number of nitrogen functional groups attached to an aromatic ring is 1. The first-order valence-electron chi connectivity index (χ1n) is 9.22. The van der Waals surface area contributed by atoms with E-state index < -0.39 is 5.25 Å². The van der Waals surface area contributed by atoms with Crippen LogP contribution in [0.2, 0.25) is 5.02 Å². The molecule has 0 spiro atoms. The number of benzene rings is 3. The molecule has 1 fully saturated rings. The number of thioether (sulfide) groups is 1. The Morgan fingerprint density at radius 1 is 1.00 bits per heavy atom. The van der Waals surface area contributed by atoms with Gasteiger partial charge in [-0.25, -0.2) is 4.90 Å². The molecule has 2 N–H and O–H groups in total. The summed E-state index contributed by atoms with van der Waals surface area (Å²) >= 11 is 7.41. The predicted octanol–water partition coefficient (Wildman–Crippen LogP) is 4.58. The van der Waals surface area contributed by atoms with Gasteiger partial charge in [-0.2, -0.15) is 0 Å². The molecule has 4 rings (SSSR count). The van der Waals surface area contributed by atoms with Crippen LogP contribution in [0.1, 0.15) is 22.3 Å². The third-order valence-corrected chi connectivity index (χ3v) is 6.14. The summed E-state index contributed by atoms with van der Waals surface area (Å²) < 4.78 is 0. The van der Waals surface area contributed by atoms with Crippen LogP contribution in [0.5, 0.6) is 0 Å². The molecule has 1 saturated heterocycles. The van der Waals surface area contributed by atoms with Gasteiger partial charge in [0, 0.05) is 33.2 Å². The number of imide groups is 1. The van der Waals surface area contributed by atoms with Gasteiger partial charge in [-0.15, -0.1) is 11.8 Å². The molecule has 1 aliphatic heterocycles. The topological polar surface area (TPSA) is 80.5 Å². The van der Waals surface area contributed by atoms with Gasteiger partial charge in [-0.3, -0.25) is 14.4 Å². The second-order valence-corrected chi connectivity index (χ2v) is 8.52. The van der Waals surface area contributed by atoms with Crippen molar-refractivity contribution in [1.82, 2.24) is 0 Å². The molecule has 0 aliphatic carbocycles. The van der Waals surface area contributed by atoms with Crippen LogP contribution in [0.15, 0.2) is 77.7 Å². The fourth-order valence-electron chi connectivity index (χ4n) is 3.33. The van der Waals surface area contributed by atoms with Gasteiger partial charge in [-0.05, 0) is 36.4 Å². The Morgan fingerprint density at radius 3 is 2.50 bits per heavy atom. The zero-order chi connectivity index (χ0) is 21.3. The zero-order valence-electron chi connectivity index (χ0n) is 15.7. The standard InChI is InChI=1S/C23H17ClN2O3S/c24-15-9-10-19(18(11-15)22(28)14-5-2-1-3-6-14)26-21(27)13-20(23(26)29)30-17-8-4-7-16(25)12-17/h1-12,20H,13,25H2. The van der Waals surface area contributed by atoms with E-state index in [0.717, 1.165) is 9.80 Å². The van der Waals surface area contributed by atoms with Crippen LogP contribution in [0.4, 0.5) is 11.4 Å². The maximum Gasteiger partial charge on any atom is 0.247 e. The highest BCUT2D eigenvalue weighted by Gasteiger charge is 2.41. The Bertz CT molecular complexity index is 1150. The van der Waals surface area contributed by atoms with Gasteiger partial charge in [0.25, 0.3) is 0 Å². The van der Waals surface area contributed by atoms with Crippen LogP contribution in [0.3, 0.4) is 0 Å². The second-order valence-electron chi connectivity index (χ2n) is 6.81. The molecule has 7 heteroatoms. The van der Waals surface area contributed by atoms with Gasteiger partial charge in [-0.1, -0.05) is 48.0 Å². The smallest absolute Gasteiger partial charge is 0.247 e. The number of anilines is 2. The van der Waals surface area contributed by atoms with Crippen LogP contribution >= 0.6 is 23.4 Å². The van der Waals surface area contributed by atoms with Crippen molar-refractivity contribution in [3.05, 3.63) is 88.9 Å². The van der Waals surface area contributed by atoms with E-state index in [1.807, 2.05) is 6.07 Å². The largest absolute Gasteiger partial charge is 0.399 e. The lowest BCUT2D eigenvalue weighted by Gasteiger charge is -2.19. The number of nitrogens with two attached hydrogens (primary N) is 1. The Labute approximate surface area is 182 Å². The van der Waals surface area contributed by atoms with Crippen molar-refractivity contribution in [2.24, 2.45) is 0 Å². The fourth-order valence-corrected chi connectivity index (χ4v) is 4.63. The third kappa shape index (κ3) is 3.97. The first-order valence-corrected chi connectivity index (χ1v) is 10.5. The first kappa shape index (κ1) is 20.2. The zero-order valence-corrected chi connectivity index (χ0v) is 17.3. The third-order valence-electron chi connectivity index (χ3n) is 4.72. The van der Waals surface area contributed by atoms with Crippen molar-refractivity contribution in [1.29, 1.82) is 0 Å². The van der Waals surface area contributed by atoms with E-state index in [-0.39, 0.29) is 35.3 Å². The lowest BCUT2D eigenvalue weighted by molar-refractivity contribution is -0.121. The number of carbonyl (C=O) groups excluding carboxylic acids is 3. The first-order chi connectivity index (χ1) is 14.4. The number of hydrogen-bond donors (Lipinski definition) is 1. The molecule has 0 aromatic heterocycles. The molecule has 30 heavy (non-hydrogen) atoms. The monoisotopic (exact) mass is 436 g/mol. The molecule has 5 nitrogen and oxygen atoms in total. The van der Waals surface area contributed by atoms with E-state index in [1.165, 1.54) is 17.8 Å². The van der Waals surface area contributed by atoms with Crippen molar-refractivity contribution in [2.45, 2.75) is 16.6 Å². The molecule has 1 atom stereocenters. The number of ketones is 1. The lowest BCUT2D eigenvalue weighted by atomic mass is 10.0. The summed E-state index contributed by atoms with van der Waals surface area (Å²) in [5, 5.41) is -0.238. The van der Waals surface area contributed by atoms with Gasteiger partial charge < -0.3 is 5.73 Å². The van der Waals surface area contributed by atoms with Gasteiger partial charge in [0.05, 0.1) is 10.9 Å². The highest BCUT2D eigenvalue weighted by molar-refractivity contribution is 8.00. The van der Waals surface area contributed by atoms with E-state index in [9.17, 15) is 14.4 Å². The molecule has 1 unspecified atom stereocenters. The van der Waals surface area contributed by atoms with Gasteiger partial charge in [0.2, 0.25) is 11.8 Å². The van der Waals surface area contributed by atoms with E-state index in [1.54, 1.807) is 60.7 Å². The molecule has 0 saturated carbocycles. The molecule has 1 heterocycles. The summed E-state index contributed by atoms with van der Waals surface area (Å²) in [7, 11) is 0. The minimum atomic E-state index is -0.588. The average Bonchev–Trinajstić information content (AvgIpc) is 3.01. The molecular formula is C23H17ClN2O3S. The Balaban J connectivity index is 1.68. The van der Waals surface area contributed by atoms with Crippen LogP contribution < -0.4 is 10.6 Å². The van der Waals surface area contributed by atoms with Crippen molar-refractivity contribution in [3.63, 3.8) is 0 Å². The Morgan fingerprint density at radius 2 is 1.77 bits per heavy atom. The number of amides is 2. The van der Waals surface area contributed by atoms with Crippen molar-refractivity contribution in [3.8, 4) is 0 Å². The normalized spacial score (nSPS) is 16.2. The summed E-state index contributed by atoms with van der Waals surface area (Å²) in [6, 6.07) is 20.4. The van der Waals surface area contributed by atoms with Crippen LogP contribution in [-0.4, -0.2) is 22.8 Å². The Kier molecular flexibility index (Phi) is 5.61. The van der Waals surface area contributed by atoms with Gasteiger partial charge in [0.15, 0.2) is 5.78 Å². The summed E-state index contributed by atoms with van der Waals surface area (Å²) in [5.41, 5.74) is 7.31. The molecule has 0 bridgehead atoms. The predicted molar refractivity (Wildman–Crippen MR) is 119 cm³/mol. The van der Waals surface area contributed by atoms with Crippen molar-refractivity contribution >= 4 is 52.3 Å². The minimum absolute atomic E-state index is 0.0416. The summed E-state index contributed by atoms with van der Waals surface area (Å²) in [5.74, 6) is -1.02. The van der Waals surface area contributed by atoms with Crippen molar-refractivity contribution < 1.29 is 14.4 Å². The van der Waals surface area contributed by atoms with Crippen molar-refractivity contribution in [2.75, 3.05) is 10.6 Å². The van der Waals surface area contributed by atoms with Crippen LogP contribution in [0, 0.1) is 0 Å². The highest BCUT2D eigenvalue weighted by Crippen LogP contribution is 2.37. The molecule has 0 radical (unpaired) electrons. The maximum absolute atomic E-state index is 13.1. The number of carbonyl (C=O) groups is 3. The SMILES string of the molecule is Nc1cccc(SC2CC(=O)N(c3ccc(Cl)cc3C(=O)c3ccccc3)C2=O)c1. The number of nitrogens with zero attached hydrogens (tertiary/aromatic N) is 1. The fraction of sp³-hybridized carbons (Fsp3) is 0.0870. The molecule has 150 valence electrons. The Hall–Kier alpha value is -3.09. The number of hydrogen-bond acceptors (Lipinski definition) is 5. The molecule has 3 aromatic rings. The lowest BCUT2D eigenvalue weighted by Crippen LogP contribution is -2.32. The van der Waals surface area contributed by atoms with Crippen LogP contribution in [-0.2, 0) is 9.59 Å². The second kappa shape index (κ2) is 8.34. The average molecular weight is 437 g/mol. The number of rotatable bonds is 5. The quantitative estimate of drug-likeness (QED) is 0.360. The van der Waals surface area contributed by atoms with E-state index >= 15 is 0 Å². The minimum Gasteiger partial charge on any atom is -0.399 e. The highest BCUT2D eigenvalue weighted by atomic mass is 35.5. The number of halogens is 1. The van der Waals surface area contributed by atoms with Gasteiger partial charge in [0.1, 0.15) is 0 Å². The van der Waals surface area contributed by atoms with Crippen LogP contribution in [0.25, 0.3) is 0 Å². The summed E-state index contributed by atoms with van der Waals surface area (Å²) in [6.45, 7) is 0. The maximum atomic E-state index is 13.1. The molecular weight excluding hydrogens is 420 g/mol. The molecule has 3 aromatic carbocycles. The van der Waals surface area contributed by atoms with E-state index in [4.69, 9.17) is 17.3 Å². The van der Waals surface area contributed by atoms with E-state index in [0.29, 0.717) is 16.3 Å². The summed E-state index contributed by atoms with van der Waals surface area (Å²) in [6.07, 6.45) is 0.0416. The van der Waals surface area contributed by atoms with Gasteiger partial charge >= 0.3 is 0 Å². The molecule has 2 amide bonds. The molecule has 1 aliphatic rings. The summed E-state index contributed by atoms with van der Waals surface area (Å²) in [4.78, 5) is 40.9. The van der Waals surface area contributed by atoms with E-state index in [2.05, 4.69) is 0 Å².